The van der Waals surface area contributed by atoms with Crippen molar-refractivity contribution >= 4 is 5.96 Å². The molecule has 1 aliphatic rings. The van der Waals surface area contributed by atoms with E-state index < -0.39 is 0 Å². The van der Waals surface area contributed by atoms with Crippen LogP contribution in [0.25, 0.3) is 0 Å². The third kappa shape index (κ3) is 3.49. The molecule has 112 valence electrons. The van der Waals surface area contributed by atoms with E-state index >= 15 is 0 Å². The molecule has 0 spiro atoms. The lowest BCUT2D eigenvalue weighted by atomic mass is 9.83. The second kappa shape index (κ2) is 6.72. The van der Waals surface area contributed by atoms with E-state index in [-0.39, 0.29) is 0 Å². The lowest BCUT2D eigenvalue weighted by Crippen LogP contribution is -2.42. The molecule has 6 nitrogen and oxygen atoms in total. The number of aromatic nitrogens is 3. The van der Waals surface area contributed by atoms with Crippen LogP contribution in [0.5, 0.6) is 0 Å². The third-order valence-corrected chi connectivity index (χ3v) is 4.49. The molecular formula is C14H26N6. The Morgan fingerprint density at radius 3 is 2.70 bits per heavy atom. The molecule has 1 heterocycles. The minimum atomic E-state index is 0.461. The van der Waals surface area contributed by atoms with Gasteiger partial charge >= 0.3 is 0 Å². The van der Waals surface area contributed by atoms with Gasteiger partial charge in [0.25, 0.3) is 0 Å². The van der Waals surface area contributed by atoms with Gasteiger partial charge in [0.15, 0.2) is 11.8 Å². The first-order valence-electron chi connectivity index (χ1n) is 7.46. The van der Waals surface area contributed by atoms with Crippen molar-refractivity contribution in [3.05, 3.63) is 12.2 Å². The zero-order chi connectivity index (χ0) is 14.4. The van der Waals surface area contributed by atoms with E-state index in [4.69, 9.17) is 0 Å². The van der Waals surface area contributed by atoms with Crippen LogP contribution in [0.2, 0.25) is 0 Å². The highest BCUT2D eigenvalue weighted by Crippen LogP contribution is 2.40. The highest BCUT2D eigenvalue weighted by Gasteiger charge is 2.31. The topological polar surface area (TPSA) is 67.1 Å². The zero-order valence-electron chi connectivity index (χ0n) is 12.8. The summed E-state index contributed by atoms with van der Waals surface area (Å²) < 4.78 is 1.91. The molecule has 1 fully saturated rings. The van der Waals surface area contributed by atoms with Gasteiger partial charge in [0, 0.05) is 20.6 Å². The second-order valence-electron chi connectivity index (χ2n) is 5.70. The molecule has 1 saturated carbocycles. The Balaban J connectivity index is 1.82. The van der Waals surface area contributed by atoms with E-state index in [1.165, 1.54) is 32.1 Å². The van der Waals surface area contributed by atoms with Crippen molar-refractivity contribution in [3.63, 3.8) is 0 Å². The molecule has 0 aromatic carbocycles. The van der Waals surface area contributed by atoms with Gasteiger partial charge in [-0.3, -0.25) is 4.99 Å². The summed E-state index contributed by atoms with van der Waals surface area (Å²) in [6.07, 6.45) is 8.33. The number of aryl methyl sites for hydroxylation is 1. The first-order valence-corrected chi connectivity index (χ1v) is 7.46. The van der Waals surface area contributed by atoms with Crippen LogP contribution in [0.1, 0.15) is 44.9 Å². The predicted octanol–water partition coefficient (Wildman–Crippen LogP) is 1.45. The Bertz CT molecular complexity index is 444. The second-order valence-corrected chi connectivity index (χ2v) is 5.70. The van der Waals surface area contributed by atoms with Crippen molar-refractivity contribution in [2.45, 2.75) is 45.6 Å². The van der Waals surface area contributed by atoms with E-state index in [9.17, 15) is 0 Å². The summed E-state index contributed by atoms with van der Waals surface area (Å²) in [6.45, 7) is 3.93. The lowest BCUT2D eigenvalue weighted by Gasteiger charge is -2.28. The van der Waals surface area contributed by atoms with Crippen LogP contribution < -0.4 is 10.6 Å². The summed E-state index contributed by atoms with van der Waals surface area (Å²) in [5.74, 6) is 1.74. The average molecular weight is 278 g/mol. The molecule has 0 radical (unpaired) electrons. The molecule has 0 saturated heterocycles. The fraction of sp³-hybridized carbons (Fsp3) is 0.786. The van der Waals surface area contributed by atoms with Crippen LogP contribution in [-0.2, 0) is 13.6 Å². The highest BCUT2D eigenvalue weighted by atomic mass is 15.3. The van der Waals surface area contributed by atoms with Crippen molar-refractivity contribution in [2.24, 2.45) is 17.5 Å². The van der Waals surface area contributed by atoms with Crippen molar-refractivity contribution < 1.29 is 0 Å². The number of nitrogens with one attached hydrogen (secondary N) is 2. The molecule has 6 heteroatoms. The van der Waals surface area contributed by atoms with Crippen molar-refractivity contribution in [1.29, 1.82) is 0 Å². The number of aliphatic imine (C=N–C) groups is 1. The summed E-state index contributed by atoms with van der Waals surface area (Å²) in [5, 5.41) is 14.7. The molecule has 0 aliphatic heterocycles. The minimum Gasteiger partial charge on any atom is -0.356 e. The Hall–Kier alpha value is -1.59. The summed E-state index contributed by atoms with van der Waals surface area (Å²) in [4.78, 5) is 4.28. The monoisotopic (exact) mass is 278 g/mol. The van der Waals surface area contributed by atoms with Crippen LogP contribution in [0.3, 0.4) is 0 Å². The maximum Gasteiger partial charge on any atom is 0.191 e. The minimum absolute atomic E-state index is 0.461. The molecule has 0 atom stereocenters. The fourth-order valence-corrected chi connectivity index (χ4v) is 2.90. The lowest BCUT2D eigenvalue weighted by molar-refractivity contribution is 0.283. The van der Waals surface area contributed by atoms with Gasteiger partial charge in [0.1, 0.15) is 6.33 Å². The number of nitrogens with zero attached hydrogens (tertiary/aromatic N) is 4. The van der Waals surface area contributed by atoms with Gasteiger partial charge in [-0.25, -0.2) is 0 Å². The molecule has 1 aromatic rings. The molecule has 1 aromatic heterocycles. The first-order chi connectivity index (χ1) is 9.69. The number of guanidine groups is 1. The standard InChI is InChI=1S/C14H26N6/c1-4-14(7-5-6-8-14)10-17-13(15-2)16-9-12-19-18-11-20(12)3/h11H,4-10H2,1-3H3,(H2,15,16,17). The molecule has 0 bridgehead atoms. The van der Waals surface area contributed by atoms with E-state index in [2.05, 4.69) is 32.7 Å². The highest BCUT2D eigenvalue weighted by molar-refractivity contribution is 5.79. The largest absolute Gasteiger partial charge is 0.356 e. The van der Waals surface area contributed by atoms with Crippen LogP contribution in [0.4, 0.5) is 0 Å². The molecule has 20 heavy (non-hydrogen) atoms. The first kappa shape index (κ1) is 14.8. The summed E-state index contributed by atoms with van der Waals surface area (Å²) >= 11 is 0. The SMILES string of the molecule is CCC1(CNC(=NC)NCc2nncn2C)CCCC1. The molecular weight excluding hydrogens is 252 g/mol. The van der Waals surface area contributed by atoms with Crippen molar-refractivity contribution in [2.75, 3.05) is 13.6 Å². The normalized spacial score (nSPS) is 18.2. The number of hydrogen-bond acceptors (Lipinski definition) is 3. The van der Waals surface area contributed by atoms with Gasteiger partial charge < -0.3 is 15.2 Å². The van der Waals surface area contributed by atoms with Gasteiger partial charge in [0.2, 0.25) is 0 Å². The van der Waals surface area contributed by atoms with Gasteiger partial charge in [0.05, 0.1) is 6.54 Å². The Labute approximate surface area is 121 Å². The van der Waals surface area contributed by atoms with Gasteiger partial charge in [-0.1, -0.05) is 19.8 Å². The maximum atomic E-state index is 4.28. The average Bonchev–Trinajstić information content (AvgIpc) is 3.09. The summed E-state index contributed by atoms with van der Waals surface area (Å²) in [6, 6.07) is 0. The molecule has 1 aliphatic carbocycles. The fourth-order valence-electron chi connectivity index (χ4n) is 2.90. The number of hydrogen-bond donors (Lipinski definition) is 2. The quantitative estimate of drug-likeness (QED) is 0.632. The zero-order valence-corrected chi connectivity index (χ0v) is 12.8. The van der Waals surface area contributed by atoms with Crippen LogP contribution in [0, 0.1) is 5.41 Å². The maximum absolute atomic E-state index is 4.28. The Morgan fingerprint density at radius 2 is 2.15 bits per heavy atom. The summed E-state index contributed by atoms with van der Waals surface area (Å²) in [5.41, 5.74) is 0.461. The van der Waals surface area contributed by atoms with Crippen LogP contribution in [0.15, 0.2) is 11.3 Å². The molecule has 0 unspecified atom stereocenters. The van der Waals surface area contributed by atoms with E-state index in [1.807, 2.05) is 11.6 Å². The Morgan fingerprint density at radius 1 is 1.40 bits per heavy atom. The van der Waals surface area contributed by atoms with Crippen molar-refractivity contribution in [1.82, 2.24) is 25.4 Å². The van der Waals surface area contributed by atoms with Crippen molar-refractivity contribution in [3.8, 4) is 0 Å². The molecule has 0 amide bonds. The van der Waals surface area contributed by atoms with E-state index in [0.29, 0.717) is 12.0 Å². The van der Waals surface area contributed by atoms with Gasteiger partial charge in [-0.2, -0.15) is 0 Å². The number of rotatable bonds is 5. The van der Waals surface area contributed by atoms with Gasteiger partial charge in [-0.15, -0.1) is 10.2 Å². The van der Waals surface area contributed by atoms with Gasteiger partial charge in [-0.05, 0) is 24.7 Å². The Kier molecular flexibility index (Phi) is 4.98. The van der Waals surface area contributed by atoms with Crippen LogP contribution >= 0.6 is 0 Å². The summed E-state index contributed by atoms with van der Waals surface area (Å²) in [7, 11) is 3.75. The molecule has 2 rings (SSSR count). The smallest absolute Gasteiger partial charge is 0.191 e. The van der Waals surface area contributed by atoms with E-state index in [0.717, 1.165) is 18.3 Å². The van der Waals surface area contributed by atoms with E-state index in [1.54, 1.807) is 13.4 Å². The molecule has 2 N–H and O–H groups in total. The van der Waals surface area contributed by atoms with Crippen LogP contribution in [-0.4, -0.2) is 34.3 Å². The third-order valence-electron chi connectivity index (χ3n) is 4.49. The predicted molar refractivity (Wildman–Crippen MR) is 80.4 cm³/mol.